The number of aryl methyl sites for hydroxylation is 1. The van der Waals surface area contributed by atoms with E-state index in [2.05, 4.69) is 56.3 Å². The van der Waals surface area contributed by atoms with Gasteiger partial charge in [-0.2, -0.15) is 5.10 Å². The van der Waals surface area contributed by atoms with Gasteiger partial charge < -0.3 is 14.4 Å². The van der Waals surface area contributed by atoms with Crippen molar-refractivity contribution in [1.82, 2.24) is 19.7 Å². The lowest BCUT2D eigenvalue weighted by molar-refractivity contribution is 0.299. The van der Waals surface area contributed by atoms with Crippen LogP contribution in [-0.4, -0.2) is 24.9 Å². The maximum atomic E-state index is 10.4. The molecule has 0 unspecified atom stereocenters. The molecule has 6 nitrogen and oxygen atoms in total. The Morgan fingerprint density at radius 1 is 0.971 bits per heavy atom. The SMILES string of the molecule is Cn1ccc2ccc(C=Cc3cc(C=Cc4ccc(OCc5ccccn5)cc4O)n[nH]3)cc21. The molecular formula is C28H24N4O2. The Morgan fingerprint density at radius 2 is 1.91 bits per heavy atom. The second-order valence-corrected chi connectivity index (χ2v) is 7.99. The van der Waals surface area contributed by atoms with E-state index in [9.17, 15) is 5.11 Å². The Labute approximate surface area is 197 Å². The highest BCUT2D eigenvalue weighted by atomic mass is 16.5. The van der Waals surface area contributed by atoms with Crippen molar-refractivity contribution in [2.24, 2.45) is 7.05 Å². The molecule has 0 bridgehead atoms. The Balaban J connectivity index is 1.23. The number of hydrogen-bond donors (Lipinski definition) is 2. The molecule has 2 aromatic carbocycles. The largest absolute Gasteiger partial charge is 0.507 e. The molecule has 0 saturated carbocycles. The number of aromatic nitrogens is 4. The third-order valence-corrected chi connectivity index (χ3v) is 5.53. The van der Waals surface area contributed by atoms with Gasteiger partial charge in [0.2, 0.25) is 0 Å². The lowest BCUT2D eigenvalue weighted by Crippen LogP contribution is -1.97. The predicted molar refractivity (Wildman–Crippen MR) is 136 cm³/mol. The first-order valence-corrected chi connectivity index (χ1v) is 11.0. The summed E-state index contributed by atoms with van der Waals surface area (Å²) in [4.78, 5) is 4.23. The number of hydrogen-bond acceptors (Lipinski definition) is 4. The highest BCUT2D eigenvalue weighted by molar-refractivity contribution is 5.84. The number of phenolic OH excluding ortho intramolecular Hbond substituents is 1. The van der Waals surface area contributed by atoms with Crippen molar-refractivity contribution in [2.75, 3.05) is 0 Å². The summed E-state index contributed by atoms with van der Waals surface area (Å²) in [6, 6.07) is 21.4. The first-order chi connectivity index (χ1) is 16.6. The molecule has 3 aromatic heterocycles. The quantitative estimate of drug-likeness (QED) is 0.324. The molecule has 2 N–H and O–H groups in total. The second-order valence-electron chi connectivity index (χ2n) is 7.99. The number of aromatic hydroxyl groups is 1. The standard InChI is InChI=1S/C28H24N4O2/c1-32-15-13-21-7-5-20(16-27(21)32)6-10-23-17-24(31-30-23)11-8-22-9-12-26(18-28(22)33)34-19-25-4-2-3-14-29-25/h2-18,33H,19H2,1H3,(H,30,31). The molecule has 0 atom stereocenters. The van der Waals surface area contributed by atoms with Crippen LogP contribution >= 0.6 is 0 Å². The van der Waals surface area contributed by atoms with E-state index < -0.39 is 0 Å². The van der Waals surface area contributed by atoms with Gasteiger partial charge in [-0.05, 0) is 71.6 Å². The maximum Gasteiger partial charge on any atom is 0.130 e. The molecule has 0 aliphatic carbocycles. The van der Waals surface area contributed by atoms with Crippen LogP contribution in [0.4, 0.5) is 0 Å². The van der Waals surface area contributed by atoms with Crippen molar-refractivity contribution in [3.8, 4) is 11.5 Å². The number of rotatable bonds is 7. The summed E-state index contributed by atoms with van der Waals surface area (Å²) in [5.74, 6) is 0.725. The number of benzene rings is 2. The fraction of sp³-hybridized carbons (Fsp3) is 0.0714. The van der Waals surface area contributed by atoms with Crippen LogP contribution in [0.1, 0.15) is 28.2 Å². The molecule has 5 rings (SSSR count). The molecule has 0 aliphatic heterocycles. The van der Waals surface area contributed by atoms with E-state index in [4.69, 9.17) is 4.74 Å². The molecule has 168 valence electrons. The molecule has 0 fully saturated rings. The molecule has 5 aromatic rings. The molecule has 6 heteroatoms. The summed E-state index contributed by atoms with van der Waals surface area (Å²) < 4.78 is 7.82. The second kappa shape index (κ2) is 9.50. The van der Waals surface area contributed by atoms with Gasteiger partial charge in [0.15, 0.2) is 0 Å². The number of H-pyrrole nitrogens is 1. The van der Waals surface area contributed by atoms with E-state index in [0.717, 1.165) is 22.6 Å². The first-order valence-electron chi connectivity index (χ1n) is 11.0. The zero-order chi connectivity index (χ0) is 23.3. The van der Waals surface area contributed by atoms with Crippen molar-refractivity contribution in [3.05, 3.63) is 107 Å². The van der Waals surface area contributed by atoms with Gasteiger partial charge in [-0.1, -0.05) is 24.3 Å². The summed E-state index contributed by atoms with van der Waals surface area (Å²) in [6.45, 7) is 0.345. The molecule has 0 radical (unpaired) electrons. The van der Waals surface area contributed by atoms with Crippen molar-refractivity contribution >= 4 is 35.2 Å². The Morgan fingerprint density at radius 3 is 2.76 bits per heavy atom. The van der Waals surface area contributed by atoms with Crippen molar-refractivity contribution in [3.63, 3.8) is 0 Å². The van der Waals surface area contributed by atoms with E-state index in [1.807, 2.05) is 61.7 Å². The summed E-state index contributed by atoms with van der Waals surface area (Å²) in [5.41, 5.74) is 5.50. The number of aromatic amines is 1. The molecule has 0 saturated heterocycles. The zero-order valence-electron chi connectivity index (χ0n) is 18.7. The highest BCUT2D eigenvalue weighted by Crippen LogP contribution is 2.26. The van der Waals surface area contributed by atoms with Gasteiger partial charge in [-0.3, -0.25) is 10.1 Å². The summed E-state index contributed by atoms with van der Waals surface area (Å²) in [7, 11) is 2.05. The normalized spacial score (nSPS) is 11.7. The van der Waals surface area contributed by atoms with E-state index >= 15 is 0 Å². The van der Waals surface area contributed by atoms with Crippen molar-refractivity contribution in [2.45, 2.75) is 6.61 Å². The number of pyridine rings is 1. The Hall–Kier alpha value is -4.58. The molecule has 3 heterocycles. The van der Waals surface area contributed by atoms with Gasteiger partial charge >= 0.3 is 0 Å². The number of nitrogens with one attached hydrogen (secondary N) is 1. The van der Waals surface area contributed by atoms with Gasteiger partial charge in [0.1, 0.15) is 18.1 Å². The fourth-order valence-electron chi connectivity index (χ4n) is 3.66. The summed E-state index contributed by atoms with van der Waals surface area (Å²) in [6.07, 6.45) is 11.5. The smallest absolute Gasteiger partial charge is 0.130 e. The van der Waals surface area contributed by atoms with Gasteiger partial charge in [0.05, 0.1) is 17.1 Å². The number of ether oxygens (including phenoxy) is 1. The molecular weight excluding hydrogens is 424 g/mol. The van der Waals surface area contributed by atoms with Crippen LogP contribution in [0.15, 0.2) is 79.1 Å². The number of fused-ring (bicyclic) bond motifs is 1. The van der Waals surface area contributed by atoms with Crippen LogP contribution in [0, 0.1) is 0 Å². The van der Waals surface area contributed by atoms with Gasteiger partial charge in [0, 0.05) is 36.6 Å². The summed E-state index contributed by atoms with van der Waals surface area (Å²) in [5, 5.41) is 19.0. The van der Waals surface area contributed by atoms with Gasteiger partial charge in [-0.15, -0.1) is 0 Å². The third-order valence-electron chi connectivity index (χ3n) is 5.53. The third kappa shape index (κ3) is 4.91. The average Bonchev–Trinajstić information content (AvgIpc) is 3.48. The Kier molecular flexibility index (Phi) is 5.95. The molecule has 0 amide bonds. The van der Waals surface area contributed by atoms with Crippen LogP contribution in [-0.2, 0) is 13.7 Å². The monoisotopic (exact) mass is 448 g/mol. The van der Waals surface area contributed by atoms with Crippen LogP contribution in [0.5, 0.6) is 11.5 Å². The minimum Gasteiger partial charge on any atom is -0.507 e. The predicted octanol–water partition coefficient (Wildman–Crippen LogP) is 5.92. The Bertz CT molecular complexity index is 1480. The van der Waals surface area contributed by atoms with E-state index in [1.54, 1.807) is 12.3 Å². The topological polar surface area (TPSA) is 76.0 Å². The summed E-state index contributed by atoms with van der Waals surface area (Å²) >= 11 is 0. The van der Waals surface area contributed by atoms with Crippen molar-refractivity contribution < 1.29 is 9.84 Å². The molecule has 34 heavy (non-hydrogen) atoms. The number of nitrogens with zero attached hydrogens (tertiary/aromatic N) is 3. The fourth-order valence-corrected chi connectivity index (χ4v) is 3.66. The van der Waals surface area contributed by atoms with Crippen LogP contribution in [0.3, 0.4) is 0 Å². The minimum atomic E-state index is 0.140. The lowest BCUT2D eigenvalue weighted by Gasteiger charge is -2.07. The molecule has 0 aliphatic rings. The zero-order valence-corrected chi connectivity index (χ0v) is 18.7. The first kappa shape index (κ1) is 21.3. The molecule has 0 spiro atoms. The van der Waals surface area contributed by atoms with Gasteiger partial charge in [0.25, 0.3) is 0 Å². The highest BCUT2D eigenvalue weighted by Gasteiger charge is 2.03. The average molecular weight is 449 g/mol. The van der Waals surface area contributed by atoms with E-state index in [1.165, 1.54) is 10.9 Å². The maximum absolute atomic E-state index is 10.4. The van der Waals surface area contributed by atoms with E-state index in [0.29, 0.717) is 17.9 Å². The van der Waals surface area contributed by atoms with Crippen LogP contribution < -0.4 is 4.74 Å². The lowest BCUT2D eigenvalue weighted by atomic mass is 10.1. The van der Waals surface area contributed by atoms with Crippen LogP contribution in [0.25, 0.3) is 35.2 Å². The number of phenols is 1. The van der Waals surface area contributed by atoms with Gasteiger partial charge in [-0.25, -0.2) is 0 Å². The van der Waals surface area contributed by atoms with Crippen molar-refractivity contribution in [1.29, 1.82) is 0 Å². The minimum absolute atomic E-state index is 0.140. The van der Waals surface area contributed by atoms with E-state index in [-0.39, 0.29) is 5.75 Å². The van der Waals surface area contributed by atoms with Crippen LogP contribution in [0.2, 0.25) is 0 Å².